The van der Waals surface area contributed by atoms with Gasteiger partial charge in [0.1, 0.15) is 0 Å². The van der Waals surface area contributed by atoms with Gasteiger partial charge in [-0.2, -0.15) is 0 Å². The van der Waals surface area contributed by atoms with E-state index in [1.165, 1.54) is 6.42 Å². The van der Waals surface area contributed by atoms with Crippen molar-refractivity contribution in [3.63, 3.8) is 0 Å². The zero-order chi connectivity index (χ0) is 14.5. The fourth-order valence-electron chi connectivity index (χ4n) is 2.81. The van der Waals surface area contributed by atoms with Crippen molar-refractivity contribution in [3.05, 3.63) is 39.9 Å². The van der Waals surface area contributed by atoms with Gasteiger partial charge in [-0.1, -0.05) is 19.1 Å². The van der Waals surface area contributed by atoms with Gasteiger partial charge in [0.15, 0.2) is 0 Å². The molecule has 1 fully saturated rings. The van der Waals surface area contributed by atoms with Crippen molar-refractivity contribution in [2.75, 3.05) is 26.2 Å². The third kappa shape index (κ3) is 3.77. The standard InChI is InChI=1S/C15H23N3O2/c1-12-6-8-17(11-14(12)10-16)9-7-13-2-4-15(5-3-13)18(19)20/h2-5,12,14H,6-11,16H2,1H3. The maximum Gasteiger partial charge on any atom is 0.269 e. The Morgan fingerprint density at radius 3 is 2.70 bits per heavy atom. The summed E-state index contributed by atoms with van der Waals surface area (Å²) in [7, 11) is 0. The lowest BCUT2D eigenvalue weighted by atomic mass is 9.87. The van der Waals surface area contributed by atoms with Crippen LogP contribution >= 0.6 is 0 Å². The van der Waals surface area contributed by atoms with Gasteiger partial charge in [-0.05, 0) is 43.3 Å². The minimum atomic E-state index is -0.359. The van der Waals surface area contributed by atoms with Gasteiger partial charge in [-0.15, -0.1) is 0 Å². The molecule has 0 bridgehead atoms. The predicted molar refractivity (Wildman–Crippen MR) is 79.6 cm³/mol. The zero-order valence-electron chi connectivity index (χ0n) is 12.0. The van der Waals surface area contributed by atoms with Gasteiger partial charge in [0.2, 0.25) is 0 Å². The van der Waals surface area contributed by atoms with E-state index >= 15 is 0 Å². The minimum Gasteiger partial charge on any atom is -0.330 e. The summed E-state index contributed by atoms with van der Waals surface area (Å²) < 4.78 is 0. The van der Waals surface area contributed by atoms with Gasteiger partial charge in [0, 0.05) is 25.2 Å². The largest absolute Gasteiger partial charge is 0.330 e. The molecular formula is C15H23N3O2. The molecule has 1 aromatic rings. The lowest BCUT2D eigenvalue weighted by Crippen LogP contribution is -2.43. The summed E-state index contributed by atoms with van der Waals surface area (Å²) in [5.41, 5.74) is 7.13. The molecule has 1 aliphatic heterocycles. The lowest BCUT2D eigenvalue weighted by molar-refractivity contribution is -0.384. The average Bonchev–Trinajstić information content (AvgIpc) is 2.46. The first-order valence-electron chi connectivity index (χ1n) is 7.26. The average molecular weight is 277 g/mol. The monoisotopic (exact) mass is 277 g/mol. The van der Waals surface area contributed by atoms with Crippen LogP contribution in [0.25, 0.3) is 0 Å². The minimum absolute atomic E-state index is 0.156. The molecule has 1 saturated heterocycles. The second-order valence-electron chi connectivity index (χ2n) is 5.74. The van der Waals surface area contributed by atoms with Gasteiger partial charge in [0.25, 0.3) is 5.69 Å². The number of non-ortho nitro benzene ring substituents is 1. The number of benzene rings is 1. The van der Waals surface area contributed by atoms with Gasteiger partial charge in [0.05, 0.1) is 4.92 Å². The molecule has 0 radical (unpaired) electrons. The highest BCUT2D eigenvalue weighted by molar-refractivity contribution is 5.32. The number of nitro groups is 1. The highest BCUT2D eigenvalue weighted by Crippen LogP contribution is 2.22. The van der Waals surface area contributed by atoms with E-state index in [0.717, 1.165) is 44.1 Å². The molecule has 0 saturated carbocycles. The second kappa shape index (κ2) is 6.81. The Hall–Kier alpha value is -1.46. The van der Waals surface area contributed by atoms with Crippen molar-refractivity contribution in [2.24, 2.45) is 17.6 Å². The Kier molecular flexibility index (Phi) is 5.09. The Morgan fingerprint density at radius 2 is 2.10 bits per heavy atom. The SMILES string of the molecule is CC1CCN(CCc2ccc([N+](=O)[O-])cc2)CC1CN. The van der Waals surface area contributed by atoms with Crippen LogP contribution in [0.15, 0.2) is 24.3 Å². The molecule has 5 heteroatoms. The van der Waals surface area contributed by atoms with Crippen LogP contribution in [-0.4, -0.2) is 36.0 Å². The van der Waals surface area contributed by atoms with E-state index in [9.17, 15) is 10.1 Å². The molecule has 1 aliphatic rings. The van der Waals surface area contributed by atoms with Gasteiger partial charge in [-0.25, -0.2) is 0 Å². The van der Waals surface area contributed by atoms with Crippen LogP contribution in [0.4, 0.5) is 5.69 Å². The Balaban J connectivity index is 1.84. The molecule has 2 rings (SSSR count). The topological polar surface area (TPSA) is 72.4 Å². The highest BCUT2D eigenvalue weighted by atomic mass is 16.6. The summed E-state index contributed by atoms with van der Waals surface area (Å²) in [6.45, 7) is 6.25. The third-order valence-electron chi connectivity index (χ3n) is 4.36. The fourth-order valence-corrected chi connectivity index (χ4v) is 2.81. The van der Waals surface area contributed by atoms with Gasteiger partial charge < -0.3 is 10.6 Å². The van der Waals surface area contributed by atoms with Crippen LogP contribution in [0.2, 0.25) is 0 Å². The summed E-state index contributed by atoms with van der Waals surface area (Å²) in [4.78, 5) is 12.7. The third-order valence-corrected chi connectivity index (χ3v) is 4.36. The maximum atomic E-state index is 10.6. The Morgan fingerprint density at radius 1 is 1.40 bits per heavy atom. The fraction of sp³-hybridized carbons (Fsp3) is 0.600. The van der Waals surface area contributed by atoms with Crippen LogP contribution in [0.3, 0.4) is 0 Å². The molecule has 20 heavy (non-hydrogen) atoms. The molecule has 5 nitrogen and oxygen atoms in total. The number of nitro benzene ring substituents is 1. The highest BCUT2D eigenvalue weighted by Gasteiger charge is 2.24. The van der Waals surface area contributed by atoms with Crippen LogP contribution in [0.5, 0.6) is 0 Å². The van der Waals surface area contributed by atoms with Gasteiger partial charge >= 0.3 is 0 Å². The molecule has 0 amide bonds. The number of rotatable bonds is 5. The van der Waals surface area contributed by atoms with Crippen molar-refractivity contribution in [2.45, 2.75) is 19.8 Å². The summed E-state index contributed by atoms with van der Waals surface area (Å²) in [5.74, 6) is 1.32. The number of likely N-dealkylation sites (tertiary alicyclic amines) is 1. The molecule has 2 atom stereocenters. The summed E-state index contributed by atoms with van der Waals surface area (Å²) in [6.07, 6.45) is 2.14. The molecular weight excluding hydrogens is 254 g/mol. The van der Waals surface area contributed by atoms with Crippen molar-refractivity contribution in [1.82, 2.24) is 4.90 Å². The van der Waals surface area contributed by atoms with E-state index in [0.29, 0.717) is 5.92 Å². The molecule has 110 valence electrons. The summed E-state index contributed by atoms with van der Waals surface area (Å²) in [6, 6.07) is 6.86. The van der Waals surface area contributed by atoms with E-state index in [1.54, 1.807) is 12.1 Å². The predicted octanol–water partition coefficient (Wildman–Crippen LogP) is 2.05. The summed E-state index contributed by atoms with van der Waals surface area (Å²) in [5, 5.41) is 10.6. The Bertz CT molecular complexity index is 447. The van der Waals surface area contributed by atoms with Gasteiger partial charge in [-0.3, -0.25) is 10.1 Å². The van der Waals surface area contributed by atoms with Crippen LogP contribution in [-0.2, 0) is 6.42 Å². The van der Waals surface area contributed by atoms with E-state index in [4.69, 9.17) is 5.73 Å². The quantitative estimate of drug-likeness (QED) is 0.660. The first-order valence-corrected chi connectivity index (χ1v) is 7.26. The van der Waals surface area contributed by atoms with E-state index in [-0.39, 0.29) is 10.6 Å². The molecule has 1 aromatic carbocycles. The second-order valence-corrected chi connectivity index (χ2v) is 5.74. The van der Waals surface area contributed by atoms with Crippen molar-refractivity contribution in [1.29, 1.82) is 0 Å². The molecule has 2 N–H and O–H groups in total. The van der Waals surface area contributed by atoms with Crippen LogP contribution in [0, 0.1) is 22.0 Å². The molecule has 2 unspecified atom stereocenters. The smallest absolute Gasteiger partial charge is 0.269 e. The van der Waals surface area contributed by atoms with E-state index in [1.807, 2.05) is 12.1 Å². The maximum absolute atomic E-state index is 10.6. The number of hydrogen-bond acceptors (Lipinski definition) is 4. The Labute approximate surface area is 119 Å². The van der Waals surface area contributed by atoms with Crippen molar-refractivity contribution < 1.29 is 4.92 Å². The van der Waals surface area contributed by atoms with Crippen molar-refractivity contribution in [3.8, 4) is 0 Å². The molecule has 0 spiro atoms. The van der Waals surface area contributed by atoms with E-state index in [2.05, 4.69) is 11.8 Å². The normalized spacial score (nSPS) is 23.7. The zero-order valence-corrected chi connectivity index (χ0v) is 12.0. The molecule has 0 aliphatic carbocycles. The lowest BCUT2D eigenvalue weighted by Gasteiger charge is -2.36. The summed E-state index contributed by atoms with van der Waals surface area (Å²) >= 11 is 0. The number of nitrogens with two attached hydrogens (primary N) is 1. The number of nitrogens with zero attached hydrogens (tertiary/aromatic N) is 2. The number of hydrogen-bond donors (Lipinski definition) is 1. The number of piperidine rings is 1. The first-order chi connectivity index (χ1) is 9.60. The van der Waals surface area contributed by atoms with Crippen molar-refractivity contribution >= 4 is 5.69 Å². The van der Waals surface area contributed by atoms with E-state index < -0.39 is 0 Å². The first kappa shape index (κ1) is 14.9. The van der Waals surface area contributed by atoms with Crippen LogP contribution < -0.4 is 5.73 Å². The molecule has 0 aromatic heterocycles. The van der Waals surface area contributed by atoms with Crippen LogP contribution in [0.1, 0.15) is 18.9 Å². The molecule has 1 heterocycles.